The molecule has 1 aliphatic rings. The fourth-order valence-corrected chi connectivity index (χ4v) is 3.38. The van der Waals surface area contributed by atoms with E-state index in [1.165, 1.54) is 6.20 Å². The number of hydrogen-bond donors (Lipinski definition) is 2. The van der Waals surface area contributed by atoms with Gasteiger partial charge in [0.15, 0.2) is 0 Å². The monoisotopic (exact) mass is 387 g/mol. The molecule has 2 aromatic rings. The Labute approximate surface area is 163 Å². The summed E-state index contributed by atoms with van der Waals surface area (Å²) in [6.07, 6.45) is 3.91. The van der Waals surface area contributed by atoms with Crippen molar-refractivity contribution < 1.29 is 14.7 Å². The van der Waals surface area contributed by atoms with E-state index in [0.717, 1.165) is 5.56 Å². The van der Waals surface area contributed by atoms with Crippen LogP contribution in [0.1, 0.15) is 35.7 Å². The Balaban J connectivity index is 1.57. The third kappa shape index (κ3) is 4.46. The van der Waals surface area contributed by atoms with E-state index >= 15 is 0 Å². The van der Waals surface area contributed by atoms with Crippen LogP contribution in [-0.4, -0.2) is 45.9 Å². The summed E-state index contributed by atoms with van der Waals surface area (Å²) in [5.41, 5.74) is 0.244. The molecule has 2 N–H and O–H groups in total. The second-order valence-electron chi connectivity index (χ2n) is 6.80. The van der Waals surface area contributed by atoms with Crippen molar-refractivity contribution in [1.29, 1.82) is 0 Å². The van der Waals surface area contributed by atoms with Crippen molar-refractivity contribution in [2.45, 2.75) is 31.4 Å². The fraction of sp³-hybridized carbons (Fsp3) is 0.350. The van der Waals surface area contributed by atoms with Crippen molar-refractivity contribution in [3.63, 3.8) is 0 Å². The van der Waals surface area contributed by atoms with E-state index in [0.29, 0.717) is 36.5 Å². The molecule has 1 fully saturated rings. The van der Waals surface area contributed by atoms with Gasteiger partial charge in [0.2, 0.25) is 5.91 Å². The van der Waals surface area contributed by atoms with Gasteiger partial charge in [-0.25, -0.2) is 0 Å². The molecule has 0 saturated carbocycles. The van der Waals surface area contributed by atoms with Gasteiger partial charge in [-0.05, 0) is 49.6 Å². The Hall–Kier alpha value is -2.44. The van der Waals surface area contributed by atoms with Gasteiger partial charge in [0, 0.05) is 30.5 Å². The van der Waals surface area contributed by atoms with Crippen LogP contribution in [-0.2, 0) is 10.4 Å². The van der Waals surface area contributed by atoms with Gasteiger partial charge in [-0.2, -0.15) is 0 Å². The minimum atomic E-state index is -0.969. The highest BCUT2D eigenvalue weighted by Crippen LogP contribution is 2.33. The number of rotatable bonds is 4. The zero-order valence-electron chi connectivity index (χ0n) is 15.1. The van der Waals surface area contributed by atoms with Crippen LogP contribution in [0.5, 0.6) is 0 Å². The molecule has 7 heteroatoms. The third-order valence-corrected chi connectivity index (χ3v) is 5.18. The lowest BCUT2D eigenvalue weighted by Gasteiger charge is -2.39. The van der Waals surface area contributed by atoms with Gasteiger partial charge in [0.05, 0.1) is 11.2 Å². The summed E-state index contributed by atoms with van der Waals surface area (Å²) in [6.45, 7) is 2.51. The van der Waals surface area contributed by atoms with Crippen LogP contribution in [0.3, 0.4) is 0 Å². The Morgan fingerprint density at radius 3 is 2.48 bits per heavy atom. The van der Waals surface area contributed by atoms with Crippen molar-refractivity contribution in [3.8, 4) is 0 Å². The summed E-state index contributed by atoms with van der Waals surface area (Å²) in [4.78, 5) is 30.4. The number of nitrogens with zero attached hydrogens (tertiary/aromatic N) is 2. The zero-order valence-corrected chi connectivity index (χ0v) is 15.8. The number of hydrogen-bond acceptors (Lipinski definition) is 4. The number of piperidine rings is 1. The van der Waals surface area contributed by atoms with Crippen molar-refractivity contribution >= 4 is 23.4 Å². The van der Waals surface area contributed by atoms with Gasteiger partial charge in [-0.15, -0.1) is 0 Å². The van der Waals surface area contributed by atoms with E-state index in [2.05, 4.69) is 10.3 Å². The van der Waals surface area contributed by atoms with Crippen LogP contribution in [0.15, 0.2) is 48.8 Å². The quantitative estimate of drug-likeness (QED) is 0.843. The summed E-state index contributed by atoms with van der Waals surface area (Å²) >= 11 is 5.91. The number of aliphatic hydroxyl groups is 1. The summed E-state index contributed by atoms with van der Waals surface area (Å²) in [7, 11) is 0. The Bertz CT molecular complexity index is 803. The first-order valence-corrected chi connectivity index (χ1v) is 9.25. The smallest absolute Gasteiger partial charge is 0.253 e. The molecule has 0 unspecified atom stereocenters. The first-order valence-electron chi connectivity index (χ1n) is 8.87. The molecule has 3 rings (SSSR count). The van der Waals surface area contributed by atoms with E-state index in [1.807, 2.05) is 12.1 Å². The summed E-state index contributed by atoms with van der Waals surface area (Å²) in [5.74, 6) is -0.496. The summed E-state index contributed by atoms with van der Waals surface area (Å²) in [5, 5.41) is 14.2. The second kappa shape index (κ2) is 8.06. The molecule has 0 radical (unpaired) electrons. The molecule has 27 heavy (non-hydrogen) atoms. The third-order valence-electron chi connectivity index (χ3n) is 4.93. The molecule has 142 valence electrons. The van der Waals surface area contributed by atoms with Crippen LogP contribution in [0.2, 0.25) is 5.02 Å². The SMILES string of the molecule is C[C@H](NC(=O)c1cccnc1)C(=O)N1CCC(O)(c2ccc(Cl)cc2)CC1. The summed E-state index contributed by atoms with van der Waals surface area (Å²) < 4.78 is 0. The molecule has 1 saturated heterocycles. The van der Waals surface area contributed by atoms with E-state index in [-0.39, 0.29) is 11.8 Å². The van der Waals surface area contributed by atoms with E-state index in [1.54, 1.807) is 42.3 Å². The maximum absolute atomic E-state index is 12.7. The maximum atomic E-state index is 12.7. The Kier molecular flexibility index (Phi) is 5.77. The lowest BCUT2D eigenvalue weighted by atomic mass is 9.84. The number of benzene rings is 1. The van der Waals surface area contributed by atoms with E-state index < -0.39 is 11.6 Å². The van der Waals surface area contributed by atoms with Gasteiger partial charge in [0.25, 0.3) is 5.91 Å². The van der Waals surface area contributed by atoms with Crippen molar-refractivity contribution in [2.75, 3.05) is 13.1 Å². The lowest BCUT2D eigenvalue weighted by molar-refractivity contribution is -0.137. The largest absolute Gasteiger partial charge is 0.385 e. The molecule has 0 aliphatic carbocycles. The first-order chi connectivity index (χ1) is 12.9. The molecule has 2 amide bonds. The molecule has 1 atom stereocenters. The van der Waals surface area contributed by atoms with Crippen molar-refractivity contribution in [1.82, 2.24) is 15.2 Å². The van der Waals surface area contributed by atoms with Gasteiger partial charge in [-0.1, -0.05) is 23.7 Å². The molecule has 6 nitrogen and oxygen atoms in total. The normalized spacial score (nSPS) is 17.2. The highest BCUT2D eigenvalue weighted by molar-refractivity contribution is 6.30. The maximum Gasteiger partial charge on any atom is 0.253 e. The minimum absolute atomic E-state index is 0.162. The summed E-state index contributed by atoms with van der Waals surface area (Å²) in [6, 6.07) is 9.80. The standard InChI is InChI=1S/C20H22ClN3O3/c1-14(23-18(25)15-3-2-10-22-13-15)19(26)24-11-8-20(27,9-12-24)16-4-6-17(21)7-5-16/h2-7,10,13-14,27H,8-9,11-12H2,1H3,(H,23,25)/t14-/m0/s1. The average Bonchev–Trinajstić information content (AvgIpc) is 2.69. The van der Waals surface area contributed by atoms with Crippen molar-refractivity contribution in [2.24, 2.45) is 0 Å². The fourth-order valence-electron chi connectivity index (χ4n) is 3.26. The molecule has 2 heterocycles. The van der Waals surface area contributed by atoms with Gasteiger partial charge >= 0.3 is 0 Å². The topological polar surface area (TPSA) is 82.5 Å². The molecule has 1 aromatic heterocycles. The number of likely N-dealkylation sites (tertiary alicyclic amines) is 1. The predicted molar refractivity (Wildman–Crippen MR) is 102 cm³/mol. The highest BCUT2D eigenvalue weighted by Gasteiger charge is 2.36. The predicted octanol–water partition coefficient (Wildman–Crippen LogP) is 2.36. The Morgan fingerprint density at radius 1 is 1.22 bits per heavy atom. The number of halogens is 1. The zero-order chi connectivity index (χ0) is 19.4. The van der Waals surface area contributed by atoms with Gasteiger partial charge < -0.3 is 15.3 Å². The number of carbonyl (C=O) groups excluding carboxylic acids is 2. The van der Waals surface area contributed by atoms with Crippen LogP contribution < -0.4 is 5.32 Å². The van der Waals surface area contributed by atoms with Gasteiger partial charge in [0.1, 0.15) is 6.04 Å². The first kappa shape index (κ1) is 19.3. The highest BCUT2D eigenvalue weighted by atomic mass is 35.5. The lowest BCUT2D eigenvalue weighted by Crippen LogP contribution is -2.51. The van der Waals surface area contributed by atoms with Crippen molar-refractivity contribution in [3.05, 3.63) is 64.9 Å². The number of pyridine rings is 1. The van der Waals surface area contributed by atoms with E-state index in [4.69, 9.17) is 11.6 Å². The molecule has 1 aliphatic heterocycles. The van der Waals surface area contributed by atoms with Gasteiger partial charge in [-0.3, -0.25) is 14.6 Å². The molecule has 0 spiro atoms. The molecule has 1 aromatic carbocycles. The number of carbonyl (C=O) groups is 2. The van der Waals surface area contributed by atoms with E-state index in [9.17, 15) is 14.7 Å². The van der Waals surface area contributed by atoms with Crippen LogP contribution in [0.25, 0.3) is 0 Å². The molecule has 0 bridgehead atoms. The average molecular weight is 388 g/mol. The molecular formula is C20H22ClN3O3. The second-order valence-corrected chi connectivity index (χ2v) is 7.24. The van der Waals surface area contributed by atoms with Crippen LogP contribution in [0, 0.1) is 0 Å². The number of aromatic nitrogens is 1. The number of amides is 2. The minimum Gasteiger partial charge on any atom is -0.385 e. The Morgan fingerprint density at radius 2 is 1.89 bits per heavy atom. The van der Waals surface area contributed by atoms with Crippen LogP contribution in [0.4, 0.5) is 0 Å². The van der Waals surface area contributed by atoms with Crippen LogP contribution >= 0.6 is 11.6 Å². The molecular weight excluding hydrogens is 366 g/mol. The number of nitrogens with one attached hydrogen (secondary N) is 1.